The fraction of sp³-hybridized carbons (Fsp3) is 0.0417. The van der Waals surface area contributed by atoms with E-state index in [1.165, 1.54) is 17.3 Å². The number of halogens is 1. The molecule has 1 aromatic heterocycles. The molecule has 0 bridgehead atoms. The molecule has 6 heteroatoms. The maximum Gasteiger partial charge on any atom is 0.234 e. The molecule has 0 aliphatic rings. The summed E-state index contributed by atoms with van der Waals surface area (Å²) in [4.78, 5) is 12.1. The Kier molecular flexibility index (Phi) is 6.42. The molecule has 0 aliphatic heterocycles. The molecule has 0 saturated heterocycles. The maximum absolute atomic E-state index is 12.1. The Morgan fingerprint density at radius 1 is 0.767 bits per heavy atom. The second-order valence-electron chi connectivity index (χ2n) is 6.54. The van der Waals surface area contributed by atoms with Gasteiger partial charge < -0.3 is 5.32 Å². The van der Waals surface area contributed by atoms with E-state index in [1.54, 1.807) is 24.3 Å². The summed E-state index contributed by atoms with van der Waals surface area (Å²) >= 11 is 7.19. The molecule has 1 amide bonds. The van der Waals surface area contributed by atoms with E-state index in [0.717, 1.165) is 16.8 Å². The number of thioether (sulfide) groups is 1. The molecule has 0 saturated carbocycles. The Balaban J connectivity index is 1.34. The highest BCUT2D eigenvalue weighted by molar-refractivity contribution is 7.99. The van der Waals surface area contributed by atoms with Crippen LogP contribution in [0.4, 0.5) is 5.69 Å². The van der Waals surface area contributed by atoms with Crippen LogP contribution in [0.5, 0.6) is 0 Å². The first-order valence-electron chi connectivity index (χ1n) is 9.35. The van der Waals surface area contributed by atoms with Gasteiger partial charge in [-0.15, -0.1) is 10.2 Å². The summed E-state index contributed by atoms with van der Waals surface area (Å²) in [5.74, 6) is 0.146. The third-order valence-electron chi connectivity index (χ3n) is 4.41. The van der Waals surface area contributed by atoms with Crippen LogP contribution in [0.3, 0.4) is 0 Å². The highest BCUT2D eigenvalue weighted by atomic mass is 35.5. The average Bonchev–Trinajstić information content (AvgIpc) is 2.80. The van der Waals surface area contributed by atoms with Crippen LogP contribution in [-0.4, -0.2) is 21.9 Å². The molecule has 4 nitrogen and oxygen atoms in total. The van der Waals surface area contributed by atoms with Crippen molar-refractivity contribution in [2.75, 3.05) is 11.1 Å². The van der Waals surface area contributed by atoms with E-state index in [2.05, 4.69) is 39.8 Å². The Morgan fingerprint density at radius 3 is 2.10 bits per heavy atom. The second kappa shape index (κ2) is 9.57. The average molecular weight is 432 g/mol. The number of rotatable bonds is 6. The van der Waals surface area contributed by atoms with Crippen molar-refractivity contribution in [3.05, 3.63) is 96.0 Å². The standard InChI is InChI=1S/C24H18ClN3OS/c25-20-10-12-21(13-11-20)26-23(29)16-30-24-15-14-22(27-28-24)19-8-6-18(7-9-19)17-4-2-1-3-5-17/h1-15H,16H2,(H,26,29). The van der Waals surface area contributed by atoms with Gasteiger partial charge in [-0.1, -0.05) is 78.0 Å². The van der Waals surface area contributed by atoms with Gasteiger partial charge in [-0.2, -0.15) is 0 Å². The molecule has 0 radical (unpaired) electrons. The first kappa shape index (κ1) is 20.1. The van der Waals surface area contributed by atoms with Crippen molar-refractivity contribution in [2.24, 2.45) is 0 Å². The predicted octanol–water partition coefficient (Wildman–Crippen LogP) is 6.19. The minimum atomic E-state index is -0.107. The highest BCUT2D eigenvalue weighted by Crippen LogP contribution is 2.24. The quantitative estimate of drug-likeness (QED) is 0.369. The van der Waals surface area contributed by atoms with E-state index in [0.29, 0.717) is 15.7 Å². The van der Waals surface area contributed by atoms with Crippen molar-refractivity contribution < 1.29 is 4.79 Å². The van der Waals surface area contributed by atoms with Gasteiger partial charge in [0.1, 0.15) is 5.03 Å². The number of carbonyl (C=O) groups excluding carboxylic acids is 1. The number of nitrogens with one attached hydrogen (secondary N) is 1. The molecule has 1 N–H and O–H groups in total. The van der Waals surface area contributed by atoms with Gasteiger partial charge >= 0.3 is 0 Å². The predicted molar refractivity (Wildman–Crippen MR) is 124 cm³/mol. The molecule has 148 valence electrons. The molecule has 0 fully saturated rings. The van der Waals surface area contributed by atoms with E-state index < -0.39 is 0 Å². The monoisotopic (exact) mass is 431 g/mol. The van der Waals surface area contributed by atoms with Gasteiger partial charge in [0.2, 0.25) is 5.91 Å². The lowest BCUT2D eigenvalue weighted by molar-refractivity contribution is -0.113. The van der Waals surface area contributed by atoms with Gasteiger partial charge in [-0.25, -0.2) is 0 Å². The van der Waals surface area contributed by atoms with Crippen LogP contribution in [0.15, 0.2) is 96.0 Å². The topological polar surface area (TPSA) is 54.9 Å². The molecule has 1 heterocycles. The Morgan fingerprint density at radius 2 is 1.43 bits per heavy atom. The minimum absolute atomic E-state index is 0.107. The first-order valence-corrected chi connectivity index (χ1v) is 10.7. The SMILES string of the molecule is O=C(CSc1ccc(-c2ccc(-c3ccccc3)cc2)nn1)Nc1ccc(Cl)cc1. The van der Waals surface area contributed by atoms with E-state index in [1.807, 2.05) is 42.5 Å². The van der Waals surface area contributed by atoms with E-state index in [9.17, 15) is 4.79 Å². The molecule has 4 rings (SSSR count). The second-order valence-corrected chi connectivity index (χ2v) is 7.98. The number of hydrogen-bond acceptors (Lipinski definition) is 4. The number of hydrogen-bond donors (Lipinski definition) is 1. The Bertz CT molecular complexity index is 1120. The van der Waals surface area contributed by atoms with Crippen molar-refractivity contribution in [3.8, 4) is 22.4 Å². The molecule has 0 aliphatic carbocycles. The van der Waals surface area contributed by atoms with Crippen molar-refractivity contribution in [2.45, 2.75) is 5.03 Å². The molecule has 0 unspecified atom stereocenters. The number of amides is 1. The number of carbonyl (C=O) groups is 1. The molecule has 30 heavy (non-hydrogen) atoms. The summed E-state index contributed by atoms with van der Waals surface area (Å²) in [7, 11) is 0. The van der Waals surface area contributed by atoms with Crippen LogP contribution < -0.4 is 5.32 Å². The lowest BCUT2D eigenvalue weighted by Gasteiger charge is -2.06. The lowest BCUT2D eigenvalue weighted by Crippen LogP contribution is -2.14. The fourth-order valence-electron chi connectivity index (χ4n) is 2.88. The van der Waals surface area contributed by atoms with Crippen LogP contribution in [0.2, 0.25) is 5.02 Å². The van der Waals surface area contributed by atoms with Crippen molar-refractivity contribution in [1.82, 2.24) is 10.2 Å². The Hall–Kier alpha value is -3.15. The highest BCUT2D eigenvalue weighted by Gasteiger charge is 2.07. The van der Waals surface area contributed by atoms with Gasteiger partial charge in [0, 0.05) is 16.3 Å². The normalized spacial score (nSPS) is 10.6. The van der Waals surface area contributed by atoms with Gasteiger partial charge in [-0.3, -0.25) is 4.79 Å². The largest absolute Gasteiger partial charge is 0.325 e. The molecule has 0 atom stereocenters. The first-order chi connectivity index (χ1) is 14.7. The molecular formula is C24H18ClN3OS. The van der Waals surface area contributed by atoms with Crippen LogP contribution in [-0.2, 0) is 4.79 Å². The molecule has 0 spiro atoms. The number of nitrogens with zero attached hydrogens (tertiary/aromatic N) is 2. The summed E-state index contributed by atoms with van der Waals surface area (Å²) in [6.45, 7) is 0. The molecule has 3 aromatic carbocycles. The zero-order valence-electron chi connectivity index (χ0n) is 16.0. The van der Waals surface area contributed by atoms with Gasteiger partial charge in [0.25, 0.3) is 0 Å². The van der Waals surface area contributed by atoms with Crippen LogP contribution in [0.25, 0.3) is 22.4 Å². The van der Waals surface area contributed by atoms with E-state index in [-0.39, 0.29) is 11.7 Å². The van der Waals surface area contributed by atoms with Crippen LogP contribution >= 0.6 is 23.4 Å². The third kappa shape index (κ3) is 5.26. The van der Waals surface area contributed by atoms with Gasteiger partial charge in [0.15, 0.2) is 0 Å². The van der Waals surface area contributed by atoms with Crippen molar-refractivity contribution in [1.29, 1.82) is 0 Å². The van der Waals surface area contributed by atoms with Crippen molar-refractivity contribution in [3.63, 3.8) is 0 Å². The van der Waals surface area contributed by atoms with Gasteiger partial charge in [0.05, 0.1) is 11.4 Å². The number of benzene rings is 3. The maximum atomic E-state index is 12.1. The lowest BCUT2D eigenvalue weighted by atomic mass is 10.0. The number of anilines is 1. The summed E-state index contributed by atoms with van der Waals surface area (Å²) in [5, 5.41) is 12.7. The van der Waals surface area contributed by atoms with E-state index >= 15 is 0 Å². The minimum Gasteiger partial charge on any atom is -0.325 e. The summed E-state index contributed by atoms with van der Waals surface area (Å²) in [6.07, 6.45) is 0. The Labute approximate surface area is 184 Å². The van der Waals surface area contributed by atoms with Crippen molar-refractivity contribution >= 4 is 35.0 Å². The fourth-order valence-corrected chi connectivity index (χ4v) is 3.62. The zero-order valence-corrected chi connectivity index (χ0v) is 17.5. The van der Waals surface area contributed by atoms with Gasteiger partial charge in [-0.05, 0) is 47.5 Å². The summed E-state index contributed by atoms with van der Waals surface area (Å²) < 4.78 is 0. The smallest absolute Gasteiger partial charge is 0.234 e. The van der Waals surface area contributed by atoms with Crippen LogP contribution in [0, 0.1) is 0 Å². The molecule has 4 aromatic rings. The summed E-state index contributed by atoms with van der Waals surface area (Å²) in [6, 6.07) is 29.3. The van der Waals surface area contributed by atoms with E-state index in [4.69, 9.17) is 11.6 Å². The zero-order chi connectivity index (χ0) is 20.8. The molecular weight excluding hydrogens is 414 g/mol. The summed E-state index contributed by atoms with van der Waals surface area (Å²) in [5.41, 5.74) is 4.85. The number of aromatic nitrogens is 2. The van der Waals surface area contributed by atoms with Crippen LogP contribution in [0.1, 0.15) is 0 Å². The third-order valence-corrected chi connectivity index (χ3v) is 5.58.